The van der Waals surface area contributed by atoms with Crippen molar-refractivity contribution in [3.8, 4) is 11.5 Å². The molecule has 3 aromatic rings. The van der Waals surface area contributed by atoms with Crippen LogP contribution in [0.4, 0.5) is 11.4 Å². The Labute approximate surface area is 206 Å². The van der Waals surface area contributed by atoms with Gasteiger partial charge >= 0.3 is 0 Å². The van der Waals surface area contributed by atoms with Crippen molar-refractivity contribution in [2.24, 2.45) is 5.92 Å². The molecule has 2 amide bonds. The molecule has 33 heavy (non-hydrogen) atoms. The van der Waals surface area contributed by atoms with E-state index in [9.17, 15) is 9.59 Å². The van der Waals surface area contributed by atoms with E-state index in [0.29, 0.717) is 32.9 Å². The summed E-state index contributed by atoms with van der Waals surface area (Å²) in [6.45, 7) is 3.61. The van der Waals surface area contributed by atoms with Crippen molar-refractivity contribution in [1.82, 2.24) is 5.32 Å². The summed E-state index contributed by atoms with van der Waals surface area (Å²) in [6, 6.07) is 14.5. The highest BCUT2D eigenvalue weighted by Crippen LogP contribution is 2.36. The van der Waals surface area contributed by atoms with E-state index in [4.69, 9.17) is 21.7 Å². The summed E-state index contributed by atoms with van der Waals surface area (Å²) in [5.74, 6) is 0.183. The van der Waals surface area contributed by atoms with E-state index in [2.05, 4.69) is 31.9 Å². The van der Waals surface area contributed by atoms with Gasteiger partial charge in [0.15, 0.2) is 5.11 Å². The molecule has 0 saturated heterocycles. The molecule has 3 aromatic carbocycles. The highest BCUT2D eigenvalue weighted by atomic mass is 79.9. The van der Waals surface area contributed by atoms with Crippen LogP contribution >= 0.6 is 28.1 Å². The Hall–Kier alpha value is -3.17. The van der Waals surface area contributed by atoms with E-state index in [1.165, 1.54) is 14.2 Å². The third-order valence-corrected chi connectivity index (χ3v) is 5.85. The normalized spacial score (nSPS) is 10.6. The maximum atomic E-state index is 13.0. The van der Waals surface area contributed by atoms with Crippen LogP contribution in [0, 0.1) is 5.92 Å². The summed E-state index contributed by atoms with van der Waals surface area (Å²) in [4.78, 5) is 25.0. The molecule has 0 fully saturated rings. The average molecular weight is 530 g/mol. The first-order valence-corrected chi connectivity index (χ1v) is 11.3. The van der Waals surface area contributed by atoms with E-state index in [1.54, 1.807) is 24.3 Å². The summed E-state index contributed by atoms with van der Waals surface area (Å²) in [5.41, 5.74) is 1.48. The SMILES string of the molecule is COc1cc(NC(=S)NC(=O)c2cc3ccccc3c(Br)c2OC)ccc1NC(=O)C(C)C. The average Bonchev–Trinajstić information content (AvgIpc) is 2.79. The number of carbonyl (C=O) groups excluding carboxylic acids is 2. The third kappa shape index (κ3) is 5.61. The van der Waals surface area contributed by atoms with Crippen LogP contribution in [-0.2, 0) is 4.79 Å². The Morgan fingerprint density at radius 3 is 2.39 bits per heavy atom. The van der Waals surface area contributed by atoms with Crippen LogP contribution in [-0.4, -0.2) is 31.1 Å². The zero-order valence-electron chi connectivity index (χ0n) is 18.6. The number of anilines is 2. The largest absolute Gasteiger partial charge is 0.495 e. The summed E-state index contributed by atoms with van der Waals surface area (Å²) < 4.78 is 11.5. The molecule has 7 nitrogen and oxygen atoms in total. The zero-order chi connectivity index (χ0) is 24.1. The van der Waals surface area contributed by atoms with Crippen molar-refractivity contribution in [2.75, 3.05) is 24.9 Å². The summed E-state index contributed by atoms with van der Waals surface area (Å²) >= 11 is 8.86. The van der Waals surface area contributed by atoms with E-state index < -0.39 is 5.91 Å². The van der Waals surface area contributed by atoms with Crippen LogP contribution < -0.4 is 25.4 Å². The van der Waals surface area contributed by atoms with Gasteiger partial charge in [0.2, 0.25) is 5.91 Å². The Morgan fingerprint density at radius 1 is 1.00 bits per heavy atom. The Balaban J connectivity index is 1.77. The number of ether oxygens (including phenoxy) is 2. The number of hydrogen-bond donors (Lipinski definition) is 3. The number of rotatable bonds is 6. The lowest BCUT2D eigenvalue weighted by Crippen LogP contribution is -2.34. The lowest BCUT2D eigenvalue weighted by atomic mass is 10.1. The van der Waals surface area contributed by atoms with Gasteiger partial charge in [-0.25, -0.2) is 0 Å². The van der Waals surface area contributed by atoms with Crippen molar-refractivity contribution in [3.05, 3.63) is 58.6 Å². The molecule has 0 aliphatic carbocycles. The van der Waals surface area contributed by atoms with Gasteiger partial charge in [0.05, 0.1) is 29.9 Å². The van der Waals surface area contributed by atoms with Gasteiger partial charge in [-0.05, 0) is 57.1 Å². The number of thiocarbonyl (C=S) groups is 1. The predicted molar refractivity (Wildman–Crippen MR) is 138 cm³/mol. The molecule has 172 valence electrons. The quantitative estimate of drug-likeness (QED) is 0.373. The van der Waals surface area contributed by atoms with Gasteiger partial charge in [0.1, 0.15) is 11.5 Å². The minimum absolute atomic E-state index is 0.104. The molecule has 0 radical (unpaired) electrons. The number of methoxy groups -OCH3 is 2. The first kappa shape index (κ1) is 24.5. The minimum atomic E-state index is -0.413. The molecule has 0 heterocycles. The van der Waals surface area contributed by atoms with Crippen molar-refractivity contribution in [1.29, 1.82) is 0 Å². The van der Waals surface area contributed by atoms with Crippen molar-refractivity contribution >= 4 is 67.2 Å². The zero-order valence-corrected chi connectivity index (χ0v) is 21.0. The molecule has 9 heteroatoms. The van der Waals surface area contributed by atoms with Crippen LogP contribution in [0.2, 0.25) is 0 Å². The van der Waals surface area contributed by atoms with Crippen LogP contribution in [0.25, 0.3) is 10.8 Å². The standard InChI is InChI=1S/C24H24BrN3O4S/c1-13(2)22(29)27-18-10-9-15(12-19(18)31-3)26-24(33)28-23(30)17-11-14-7-5-6-8-16(14)20(25)21(17)32-4/h5-13H,1-4H3,(H,27,29)(H2,26,28,30,33). The Kier molecular flexibility index (Phi) is 7.88. The molecular weight excluding hydrogens is 506 g/mol. The molecule has 0 atom stereocenters. The van der Waals surface area contributed by atoms with E-state index in [0.717, 1.165) is 10.8 Å². The van der Waals surface area contributed by atoms with Gasteiger partial charge in [-0.15, -0.1) is 0 Å². The Morgan fingerprint density at radius 2 is 1.73 bits per heavy atom. The molecule has 0 aliphatic rings. The Bertz CT molecular complexity index is 1230. The maximum absolute atomic E-state index is 13.0. The minimum Gasteiger partial charge on any atom is -0.495 e. The fourth-order valence-corrected chi connectivity index (χ4v) is 4.08. The number of nitrogens with one attached hydrogen (secondary N) is 3. The van der Waals surface area contributed by atoms with Crippen LogP contribution in [0.15, 0.2) is 53.0 Å². The predicted octanol–water partition coefficient (Wildman–Crippen LogP) is 5.34. The van der Waals surface area contributed by atoms with Crippen molar-refractivity contribution in [2.45, 2.75) is 13.8 Å². The van der Waals surface area contributed by atoms with E-state index in [-0.39, 0.29) is 16.9 Å². The van der Waals surface area contributed by atoms with Crippen LogP contribution in [0.1, 0.15) is 24.2 Å². The van der Waals surface area contributed by atoms with Crippen LogP contribution in [0.3, 0.4) is 0 Å². The third-order valence-electron chi connectivity index (χ3n) is 4.86. The smallest absolute Gasteiger partial charge is 0.261 e. The topological polar surface area (TPSA) is 88.7 Å². The summed E-state index contributed by atoms with van der Waals surface area (Å²) in [6.07, 6.45) is 0. The second-order valence-electron chi connectivity index (χ2n) is 7.46. The molecule has 3 rings (SSSR count). The second kappa shape index (κ2) is 10.6. The highest BCUT2D eigenvalue weighted by molar-refractivity contribution is 9.10. The van der Waals surface area contributed by atoms with Crippen LogP contribution in [0.5, 0.6) is 11.5 Å². The number of halogens is 1. The molecule has 0 spiro atoms. The first-order chi connectivity index (χ1) is 15.7. The molecule has 0 bridgehead atoms. The van der Waals surface area contributed by atoms with Crippen molar-refractivity contribution in [3.63, 3.8) is 0 Å². The molecule has 0 aliphatic heterocycles. The molecular formula is C24H24BrN3O4S. The fourth-order valence-electron chi connectivity index (χ4n) is 3.13. The van der Waals surface area contributed by atoms with E-state index in [1.807, 2.05) is 38.1 Å². The lowest BCUT2D eigenvalue weighted by molar-refractivity contribution is -0.118. The number of amides is 2. The molecule has 3 N–H and O–H groups in total. The van der Waals surface area contributed by atoms with E-state index >= 15 is 0 Å². The van der Waals surface area contributed by atoms with Crippen molar-refractivity contribution < 1.29 is 19.1 Å². The number of benzene rings is 3. The van der Waals surface area contributed by atoms with Gasteiger partial charge in [-0.2, -0.15) is 0 Å². The highest BCUT2D eigenvalue weighted by Gasteiger charge is 2.19. The van der Waals surface area contributed by atoms with Gasteiger partial charge in [0, 0.05) is 17.7 Å². The summed E-state index contributed by atoms with van der Waals surface area (Å²) in [5, 5.41) is 10.4. The fraction of sp³-hybridized carbons (Fsp3) is 0.208. The lowest BCUT2D eigenvalue weighted by Gasteiger charge is -2.16. The van der Waals surface area contributed by atoms with Gasteiger partial charge in [0.25, 0.3) is 5.91 Å². The summed E-state index contributed by atoms with van der Waals surface area (Å²) in [7, 11) is 3.02. The number of fused-ring (bicyclic) bond motifs is 1. The van der Waals surface area contributed by atoms with Gasteiger partial charge in [-0.1, -0.05) is 38.1 Å². The molecule has 0 unspecified atom stereocenters. The van der Waals surface area contributed by atoms with Gasteiger partial charge < -0.3 is 20.1 Å². The molecule has 0 aromatic heterocycles. The monoisotopic (exact) mass is 529 g/mol. The molecule has 0 saturated carbocycles. The van der Waals surface area contributed by atoms with Gasteiger partial charge in [-0.3, -0.25) is 14.9 Å². The number of carbonyl (C=O) groups is 2. The second-order valence-corrected chi connectivity index (χ2v) is 8.66. The first-order valence-electron chi connectivity index (χ1n) is 10.1. The number of hydrogen-bond acceptors (Lipinski definition) is 5. The maximum Gasteiger partial charge on any atom is 0.261 e.